The Hall–Kier alpha value is -2.36. The molecule has 1 heterocycles. The van der Waals surface area contributed by atoms with Gasteiger partial charge in [-0.3, -0.25) is 4.79 Å². The average molecular weight is 459 g/mol. The first-order valence-corrected chi connectivity index (χ1v) is 12.7. The van der Waals surface area contributed by atoms with Crippen molar-refractivity contribution in [2.24, 2.45) is 11.8 Å². The highest BCUT2D eigenvalue weighted by Crippen LogP contribution is 2.30. The minimum atomic E-state index is -4.02. The number of hydrogen-bond donors (Lipinski definition) is 2. The molecule has 0 radical (unpaired) electrons. The summed E-state index contributed by atoms with van der Waals surface area (Å²) in [4.78, 5) is 13.3. The van der Waals surface area contributed by atoms with Crippen LogP contribution in [0.1, 0.15) is 44.7 Å². The minimum Gasteiger partial charge on any atom is -0.351 e. The van der Waals surface area contributed by atoms with Gasteiger partial charge in [-0.05, 0) is 36.0 Å². The van der Waals surface area contributed by atoms with Gasteiger partial charge in [0.05, 0.1) is 11.7 Å². The standard InChI is InChI=1S/C22H26N4O3S2/c1-14-8-6-11-17(15(14)2)23-22(27)20(16-9-4-3-5-10-16)26-31(28,29)19-13-7-12-18-21(19)25-30-24-18/h3-5,7,9-10,12-15,17,20,26H,6,8,11H2,1-2H3,(H,23,27)/t14-,15+,17+,20-/m1/s1. The molecule has 1 aromatic heterocycles. The summed E-state index contributed by atoms with van der Waals surface area (Å²) in [5.74, 6) is 0.505. The Bertz CT molecular complexity index is 1160. The zero-order chi connectivity index (χ0) is 22.0. The van der Waals surface area contributed by atoms with Crippen molar-refractivity contribution in [2.75, 3.05) is 0 Å². The fraction of sp³-hybridized carbons (Fsp3) is 0.409. The van der Waals surface area contributed by atoms with E-state index in [1.54, 1.807) is 36.4 Å². The fourth-order valence-corrected chi connectivity index (χ4v) is 6.14. The number of benzene rings is 2. The van der Waals surface area contributed by atoms with Crippen LogP contribution in [0.25, 0.3) is 11.0 Å². The Kier molecular flexibility index (Phi) is 6.36. The summed E-state index contributed by atoms with van der Waals surface area (Å²) in [5.41, 5.74) is 1.41. The summed E-state index contributed by atoms with van der Waals surface area (Å²) in [6, 6.07) is 12.7. The quantitative estimate of drug-likeness (QED) is 0.587. The largest absolute Gasteiger partial charge is 0.351 e. The Balaban J connectivity index is 1.64. The van der Waals surface area contributed by atoms with Gasteiger partial charge in [0, 0.05) is 6.04 Å². The Morgan fingerprint density at radius 2 is 1.84 bits per heavy atom. The zero-order valence-corrected chi connectivity index (χ0v) is 19.1. The molecule has 9 heteroatoms. The molecule has 2 N–H and O–H groups in total. The first kappa shape index (κ1) is 21.9. The number of hydrogen-bond acceptors (Lipinski definition) is 6. The Morgan fingerprint density at radius 1 is 1.06 bits per heavy atom. The summed E-state index contributed by atoms with van der Waals surface area (Å²) in [6.07, 6.45) is 3.10. The lowest BCUT2D eigenvalue weighted by atomic mass is 9.78. The number of carbonyl (C=O) groups excluding carboxylic acids is 1. The average Bonchev–Trinajstić information content (AvgIpc) is 3.24. The number of aromatic nitrogens is 2. The Morgan fingerprint density at radius 3 is 2.61 bits per heavy atom. The van der Waals surface area contributed by atoms with Crippen LogP contribution in [-0.4, -0.2) is 29.1 Å². The second-order valence-electron chi connectivity index (χ2n) is 8.24. The molecule has 31 heavy (non-hydrogen) atoms. The van der Waals surface area contributed by atoms with Gasteiger partial charge in [0.25, 0.3) is 0 Å². The molecule has 0 spiro atoms. The number of nitrogens with zero attached hydrogens (tertiary/aromatic N) is 2. The maximum absolute atomic E-state index is 13.3. The second-order valence-corrected chi connectivity index (χ2v) is 10.4. The van der Waals surface area contributed by atoms with Crippen molar-refractivity contribution >= 4 is 38.7 Å². The molecule has 1 aliphatic carbocycles. The molecule has 3 aromatic rings. The molecular formula is C22H26N4O3S2. The van der Waals surface area contributed by atoms with Crippen LogP contribution < -0.4 is 10.0 Å². The number of amides is 1. The number of sulfonamides is 1. The normalized spacial score (nSPS) is 22.8. The zero-order valence-electron chi connectivity index (χ0n) is 17.5. The number of rotatable bonds is 6. The summed E-state index contributed by atoms with van der Waals surface area (Å²) in [7, 11) is -4.02. The van der Waals surface area contributed by atoms with Crippen molar-refractivity contribution < 1.29 is 13.2 Å². The van der Waals surface area contributed by atoms with Gasteiger partial charge in [-0.15, -0.1) is 0 Å². The first-order chi connectivity index (χ1) is 14.9. The topological polar surface area (TPSA) is 101 Å². The molecule has 2 aromatic carbocycles. The fourth-order valence-electron chi connectivity index (χ4n) is 4.19. The number of carbonyl (C=O) groups is 1. The van der Waals surface area contributed by atoms with Crippen molar-refractivity contribution in [3.8, 4) is 0 Å². The highest BCUT2D eigenvalue weighted by molar-refractivity contribution is 7.89. The molecule has 0 bridgehead atoms. The van der Waals surface area contributed by atoms with Gasteiger partial charge in [0.2, 0.25) is 15.9 Å². The molecule has 1 aliphatic rings. The predicted octanol–water partition coefficient (Wildman–Crippen LogP) is 3.65. The van der Waals surface area contributed by atoms with Crippen LogP contribution in [0.5, 0.6) is 0 Å². The van der Waals surface area contributed by atoms with Crippen LogP contribution >= 0.6 is 11.7 Å². The maximum atomic E-state index is 13.3. The molecule has 1 saturated carbocycles. The summed E-state index contributed by atoms with van der Waals surface area (Å²) >= 11 is 0.957. The molecule has 0 saturated heterocycles. The molecule has 1 amide bonds. The van der Waals surface area contributed by atoms with Crippen LogP contribution in [0.4, 0.5) is 0 Å². The third kappa shape index (κ3) is 4.63. The molecule has 7 nitrogen and oxygen atoms in total. The first-order valence-electron chi connectivity index (χ1n) is 10.5. The van der Waals surface area contributed by atoms with E-state index in [1.807, 2.05) is 6.07 Å². The number of nitrogens with one attached hydrogen (secondary N) is 2. The van der Waals surface area contributed by atoms with E-state index >= 15 is 0 Å². The molecule has 4 rings (SSSR count). The van der Waals surface area contributed by atoms with Crippen LogP contribution in [0.2, 0.25) is 0 Å². The van der Waals surface area contributed by atoms with E-state index in [-0.39, 0.29) is 16.8 Å². The minimum absolute atomic E-state index is 0.0205. The lowest BCUT2D eigenvalue weighted by Gasteiger charge is -2.35. The third-order valence-electron chi connectivity index (χ3n) is 6.24. The van der Waals surface area contributed by atoms with Crippen molar-refractivity contribution in [1.82, 2.24) is 18.8 Å². The molecule has 0 unspecified atom stereocenters. The number of fused-ring (bicyclic) bond motifs is 1. The van der Waals surface area contributed by atoms with Crippen molar-refractivity contribution in [2.45, 2.75) is 50.1 Å². The van der Waals surface area contributed by atoms with Crippen LogP contribution in [0.15, 0.2) is 53.4 Å². The van der Waals surface area contributed by atoms with Gasteiger partial charge < -0.3 is 5.32 Å². The Labute approximate surface area is 186 Å². The van der Waals surface area contributed by atoms with Gasteiger partial charge in [-0.1, -0.05) is 63.1 Å². The third-order valence-corrected chi connectivity index (χ3v) is 8.24. The maximum Gasteiger partial charge on any atom is 0.243 e. The summed E-state index contributed by atoms with van der Waals surface area (Å²) in [6.45, 7) is 4.34. The van der Waals surface area contributed by atoms with Gasteiger partial charge in [-0.2, -0.15) is 13.5 Å². The van der Waals surface area contributed by atoms with E-state index in [0.717, 1.165) is 31.0 Å². The van der Waals surface area contributed by atoms with Gasteiger partial charge in [0.15, 0.2) is 0 Å². The van der Waals surface area contributed by atoms with Crippen molar-refractivity contribution in [1.29, 1.82) is 0 Å². The lowest BCUT2D eigenvalue weighted by Crippen LogP contribution is -2.48. The summed E-state index contributed by atoms with van der Waals surface area (Å²) in [5, 5.41) is 3.11. The van der Waals surface area contributed by atoms with Crippen molar-refractivity contribution in [3.05, 3.63) is 54.1 Å². The van der Waals surface area contributed by atoms with E-state index < -0.39 is 16.1 Å². The van der Waals surface area contributed by atoms with Crippen molar-refractivity contribution in [3.63, 3.8) is 0 Å². The van der Waals surface area contributed by atoms with Gasteiger partial charge in [-0.25, -0.2) is 8.42 Å². The van der Waals surface area contributed by atoms with Gasteiger partial charge in [0.1, 0.15) is 22.0 Å². The van der Waals surface area contributed by atoms with E-state index in [4.69, 9.17) is 0 Å². The molecule has 4 atom stereocenters. The van der Waals surface area contributed by atoms with E-state index in [2.05, 4.69) is 32.6 Å². The van der Waals surface area contributed by atoms with Crippen LogP contribution in [0, 0.1) is 11.8 Å². The molecule has 164 valence electrons. The second kappa shape index (κ2) is 9.02. The predicted molar refractivity (Wildman–Crippen MR) is 121 cm³/mol. The highest BCUT2D eigenvalue weighted by Gasteiger charge is 2.33. The molecule has 0 aliphatic heterocycles. The lowest BCUT2D eigenvalue weighted by molar-refractivity contribution is -0.124. The highest BCUT2D eigenvalue weighted by atomic mass is 32.2. The van der Waals surface area contributed by atoms with Crippen LogP contribution in [-0.2, 0) is 14.8 Å². The van der Waals surface area contributed by atoms with E-state index in [1.165, 1.54) is 6.07 Å². The van der Waals surface area contributed by atoms with Gasteiger partial charge >= 0.3 is 0 Å². The molecular weight excluding hydrogens is 432 g/mol. The SMILES string of the molecule is C[C@H]1[C@H](C)CCC[C@@H]1NC(=O)[C@H](NS(=O)(=O)c1cccc2nsnc12)c1ccccc1. The van der Waals surface area contributed by atoms with Crippen LogP contribution in [0.3, 0.4) is 0 Å². The van der Waals surface area contributed by atoms with E-state index in [0.29, 0.717) is 28.4 Å². The summed E-state index contributed by atoms with van der Waals surface area (Å²) < 4.78 is 37.4. The smallest absolute Gasteiger partial charge is 0.243 e. The monoisotopic (exact) mass is 458 g/mol. The molecule has 1 fully saturated rings. The van der Waals surface area contributed by atoms with E-state index in [9.17, 15) is 13.2 Å².